The summed E-state index contributed by atoms with van der Waals surface area (Å²) >= 11 is 0. The minimum Gasteiger partial charge on any atom is -0.452 e. The third kappa shape index (κ3) is 5.46. The summed E-state index contributed by atoms with van der Waals surface area (Å²) in [5.74, 6) is -1.20. The predicted octanol–water partition coefficient (Wildman–Crippen LogP) is 3.06. The molecule has 0 aromatic heterocycles. The summed E-state index contributed by atoms with van der Waals surface area (Å²) in [5.41, 5.74) is 3.35. The summed E-state index contributed by atoms with van der Waals surface area (Å²) in [7, 11) is 0. The fraction of sp³-hybridized carbons (Fsp3) is 0.211. The third-order valence-corrected chi connectivity index (χ3v) is 3.40. The molecule has 2 rings (SSSR count). The maximum atomic E-state index is 12.1. The van der Waals surface area contributed by atoms with Crippen molar-refractivity contribution in [3.63, 3.8) is 0 Å². The van der Waals surface area contributed by atoms with Crippen LogP contribution in [-0.4, -0.2) is 24.4 Å². The van der Waals surface area contributed by atoms with Gasteiger partial charge < -0.3 is 15.4 Å². The van der Waals surface area contributed by atoms with Crippen LogP contribution in [0.5, 0.6) is 0 Å². The maximum absolute atomic E-state index is 12.1. The van der Waals surface area contributed by atoms with Crippen LogP contribution < -0.4 is 10.6 Å². The van der Waals surface area contributed by atoms with Crippen molar-refractivity contribution in [1.29, 1.82) is 0 Å². The molecule has 0 aliphatic rings. The molecular formula is C19H20N2O4. The predicted molar refractivity (Wildman–Crippen MR) is 95.6 cm³/mol. The van der Waals surface area contributed by atoms with Gasteiger partial charge in [0.05, 0.1) is 5.56 Å². The summed E-state index contributed by atoms with van der Waals surface area (Å²) in [6.45, 7) is 4.76. The largest absolute Gasteiger partial charge is 0.452 e. The molecule has 0 radical (unpaired) electrons. The Balaban J connectivity index is 1.92. The summed E-state index contributed by atoms with van der Waals surface area (Å²) in [5, 5.41) is 5.24. The number of ether oxygens (including phenoxy) is 1. The Bertz CT molecular complexity index is 815. The molecule has 2 N–H and O–H groups in total. The van der Waals surface area contributed by atoms with Crippen LogP contribution >= 0.6 is 0 Å². The topological polar surface area (TPSA) is 84.5 Å². The number of anilines is 2. The second-order valence-electron chi connectivity index (χ2n) is 5.70. The lowest BCUT2D eigenvalue weighted by Gasteiger charge is -2.09. The number of nitrogens with one attached hydrogen (secondary N) is 2. The normalized spacial score (nSPS) is 10.0. The Labute approximate surface area is 146 Å². The first-order valence-corrected chi connectivity index (χ1v) is 7.77. The van der Waals surface area contributed by atoms with Gasteiger partial charge in [-0.2, -0.15) is 0 Å². The van der Waals surface area contributed by atoms with Crippen LogP contribution in [0, 0.1) is 13.8 Å². The Morgan fingerprint density at radius 1 is 0.960 bits per heavy atom. The summed E-state index contributed by atoms with van der Waals surface area (Å²) in [4.78, 5) is 35.1. The fourth-order valence-electron chi connectivity index (χ4n) is 2.33. The molecular weight excluding hydrogens is 320 g/mol. The Kier molecular flexibility index (Phi) is 5.89. The summed E-state index contributed by atoms with van der Waals surface area (Å²) < 4.78 is 5.06. The molecule has 0 saturated carbocycles. The highest BCUT2D eigenvalue weighted by Crippen LogP contribution is 2.15. The van der Waals surface area contributed by atoms with Crippen LogP contribution in [0.2, 0.25) is 0 Å². The van der Waals surface area contributed by atoms with Gasteiger partial charge in [-0.3, -0.25) is 9.59 Å². The standard InChI is InChI=1S/C19H20N2O4/c1-12-7-8-17(13(2)9-12)19(24)25-11-18(23)21-16-6-4-5-15(10-16)20-14(3)22/h4-10H,11H2,1-3H3,(H,20,22)(H,21,23). The van der Waals surface area contributed by atoms with Crippen LogP contribution in [0.4, 0.5) is 11.4 Å². The number of benzene rings is 2. The molecule has 2 aromatic carbocycles. The number of amides is 2. The molecule has 0 atom stereocenters. The second-order valence-corrected chi connectivity index (χ2v) is 5.70. The van der Waals surface area contributed by atoms with E-state index < -0.39 is 18.5 Å². The van der Waals surface area contributed by atoms with Gasteiger partial charge in [-0.05, 0) is 43.7 Å². The van der Waals surface area contributed by atoms with Crippen molar-refractivity contribution in [2.24, 2.45) is 0 Å². The number of hydrogen-bond donors (Lipinski definition) is 2. The zero-order chi connectivity index (χ0) is 18.4. The van der Waals surface area contributed by atoms with Crippen LogP contribution in [-0.2, 0) is 14.3 Å². The number of rotatable bonds is 5. The lowest BCUT2D eigenvalue weighted by atomic mass is 10.1. The molecule has 6 heteroatoms. The molecule has 0 bridgehead atoms. The SMILES string of the molecule is CC(=O)Nc1cccc(NC(=O)COC(=O)c2ccc(C)cc2C)c1. The van der Waals surface area contributed by atoms with Gasteiger partial charge in [0.15, 0.2) is 6.61 Å². The average Bonchev–Trinajstić information content (AvgIpc) is 2.52. The zero-order valence-corrected chi connectivity index (χ0v) is 14.4. The van der Waals surface area contributed by atoms with Gasteiger partial charge in [0.1, 0.15) is 0 Å². The van der Waals surface area contributed by atoms with E-state index in [-0.39, 0.29) is 5.91 Å². The van der Waals surface area contributed by atoms with E-state index in [1.54, 1.807) is 30.3 Å². The van der Waals surface area contributed by atoms with E-state index in [1.807, 2.05) is 26.0 Å². The van der Waals surface area contributed by atoms with Gasteiger partial charge in [0, 0.05) is 18.3 Å². The van der Waals surface area contributed by atoms with Crippen molar-refractivity contribution in [2.45, 2.75) is 20.8 Å². The van der Waals surface area contributed by atoms with Crippen molar-refractivity contribution in [2.75, 3.05) is 17.2 Å². The lowest BCUT2D eigenvalue weighted by molar-refractivity contribution is -0.119. The van der Waals surface area contributed by atoms with Gasteiger partial charge in [0.2, 0.25) is 5.91 Å². The molecule has 0 fully saturated rings. The van der Waals surface area contributed by atoms with Crippen molar-refractivity contribution in [1.82, 2.24) is 0 Å². The molecule has 6 nitrogen and oxygen atoms in total. The zero-order valence-electron chi connectivity index (χ0n) is 14.4. The maximum Gasteiger partial charge on any atom is 0.338 e. The first-order valence-electron chi connectivity index (χ1n) is 7.77. The molecule has 130 valence electrons. The Hall–Kier alpha value is -3.15. The smallest absolute Gasteiger partial charge is 0.338 e. The van der Waals surface area contributed by atoms with E-state index in [0.717, 1.165) is 11.1 Å². The monoisotopic (exact) mass is 340 g/mol. The van der Waals surface area contributed by atoms with E-state index in [2.05, 4.69) is 10.6 Å². The third-order valence-electron chi connectivity index (χ3n) is 3.40. The molecule has 2 amide bonds. The van der Waals surface area contributed by atoms with Crippen LogP contribution in [0.25, 0.3) is 0 Å². The molecule has 0 heterocycles. The number of carbonyl (C=O) groups excluding carboxylic acids is 3. The molecule has 2 aromatic rings. The van der Waals surface area contributed by atoms with E-state index in [4.69, 9.17) is 4.74 Å². The molecule has 0 spiro atoms. The minimum atomic E-state index is -0.542. The fourth-order valence-corrected chi connectivity index (χ4v) is 2.33. The highest BCUT2D eigenvalue weighted by atomic mass is 16.5. The number of aryl methyl sites for hydroxylation is 2. The quantitative estimate of drug-likeness (QED) is 0.819. The molecule has 0 unspecified atom stereocenters. The van der Waals surface area contributed by atoms with Gasteiger partial charge >= 0.3 is 5.97 Å². The van der Waals surface area contributed by atoms with E-state index in [1.165, 1.54) is 6.92 Å². The molecule has 25 heavy (non-hydrogen) atoms. The first-order chi connectivity index (χ1) is 11.8. The highest BCUT2D eigenvalue weighted by molar-refractivity contribution is 5.97. The van der Waals surface area contributed by atoms with Crippen molar-refractivity contribution in [3.05, 3.63) is 59.2 Å². The van der Waals surface area contributed by atoms with E-state index in [0.29, 0.717) is 16.9 Å². The van der Waals surface area contributed by atoms with Gasteiger partial charge in [0.25, 0.3) is 5.91 Å². The minimum absolute atomic E-state index is 0.203. The molecule has 0 aliphatic carbocycles. The first kappa shape index (κ1) is 18.2. The summed E-state index contributed by atoms with van der Waals surface area (Å²) in [6, 6.07) is 12.1. The number of hydrogen-bond acceptors (Lipinski definition) is 4. The van der Waals surface area contributed by atoms with E-state index in [9.17, 15) is 14.4 Å². The van der Waals surface area contributed by atoms with Crippen molar-refractivity contribution >= 4 is 29.2 Å². The van der Waals surface area contributed by atoms with Crippen LogP contribution in [0.3, 0.4) is 0 Å². The van der Waals surface area contributed by atoms with Crippen LogP contribution in [0.1, 0.15) is 28.4 Å². The van der Waals surface area contributed by atoms with Crippen molar-refractivity contribution in [3.8, 4) is 0 Å². The second kappa shape index (κ2) is 8.10. The highest BCUT2D eigenvalue weighted by Gasteiger charge is 2.13. The average molecular weight is 340 g/mol. The van der Waals surface area contributed by atoms with Crippen LogP contribution in [0.15, 0.2) is 42.5 Å². The van der Waals surface area contributed by atoms with Gasteiger partial charge in [-0.1, -0.05) is 23.8 Å². The molecule has 0 saturated heterocycles. The van der Waals surface area contributed by atoms with Gasteiger partial charge in [-0.25, -0.2) is 4.79 Å². The number of esters is 1. The Morgan fingerprint density at radius 2 is 1.64 bits per heavy atom. The Morgan fingerprint density at radius 3 is 2.28 bits per heavy atom. The van der Waals surface area contributed by atoms with Gasteiger partial charge in [-0.15, -0.1) is 0 Å². The lowest BCUT2D eigenvalue weighted by Crippen LogP contribution is -2.21. The van der Waals surface area contributed by atoms with Crippen molar-refractivity contribution < 1.29 is 19.1 Å². The summed E-state index contributed by atoms with van der Waals surface area (Å²) in [6.07, 6.45) is 0. The number of carbonyl (C=O) groups is 3. The van der Waals surface area contributed by atoms with E-state index >= 15 is 0 Å². The molecule has 0 aliphatic heterocycles.